The van der Waals surface area contributed by atoms with Crippen molar-refractivity contribution < 1.29 is 29.7 Å². The average Bonchev–Trinajstić information content (AvgIpc) is 2.30. The number of rotatable bonds is 7. The van der Waals surface area contributed by atoms with Crippen molar-refractivity contribution in [3.05, 3.63) is 0 Å². The molecule has 0 saturated carbocycles. The largest absolute Gasteiger partial charge is 0.480 e. The van der Waals surface area contributed by atoms with Gasteiger partial charge in [0.2, 0.25) is 11.8 Å². The molecule has 0 bridgehead atoms. The zero-order chi connectivity index (χ0) is 14.3. The summed E-state index contributed by atoms with van der Waals surface area (Å²) in [5.74, 6) is -2.94. The molecule has 0 fully saturated rings. The first-order valence-corrected chi connectivity index (χ1v) is 5.14. The Morgan fingerprint density at radius 3 is 2.22 bits per heavy atom. The predicted octanol–water partition coefficient (Wildman–Crippen LogP) is -3.63. The first-order chi connectivity index (χ1) is 8.29. The van der Waals surface area contributed by atoms with Crippen LogP contribution in [0.15, 0.2) is 0 Å². The summed E-state index contributed by atoms with van der Waals surface area (Å²) in [4.78, 5) is 33.1. The van der Waals surface area contributed by atoms with Crippen molar-refractivity contribution in [2.24, 2.45) is 5.73 Å². The van der Waals surface area contributed by atoms with E-state index >= 15 is 0 Å². The van der Waals surface area contributed by atoms with Crippen molar-refractivity contribution in [3.8, 4) is 0 Å². The van der Waals surface area contributed by atoms with E-state index in [4.69, 9.17) is 15.9 Å². The smallest absolute Gasteiger partial charge is 0.322 e. The van der Waals surface area contributed by atoms with Gasteiger partial charge in [-0.1, -0.05) is 0 Å². The van der Waals surface area contributed by atoms with Crippen LogP contribution < -0.4 is 16.4 Å². The molecule has 0 unspecified atom stereocenters. The number of aliphatic carboxylic acids is 1. The molecule has 0 spiro atoms. The summed E-state index contributed by atoms with van der Waals surface area (Å²) in [5, 5.41) is 30.5. The van der Waals surface area contributed by atoms with Gasteiger partial charge in [0.1, 0.15) is 18.6 Å². The fraction of sp³-hybridized carbons (Fsp3) is 0.667. The van der Waals surface area contributed by atoms with E-state index in [1.54, 1.807) is 0 Å². The van der Waals surface area contributed by atoms with Gasteiger partial charge >= 0.3 is 5.97 Å². The third-order valence-electron chi connectivity index (χ3n) is 2.01. The van der Waals surface area contributed by atoms with Crippen molar-refractivity contribution in [1.82, 2.24) is 10.6 Å². The molecule has 3 atom stereocenters. The van der Waals surface area contributed by atoms with Gasteiger partial charge in [-0.15, -0.1) is 0 Å². The number of aliphatic hydroxyl groups is 2. The Balaban J connectivity index is 4.52. The van der Waals surface area contributed by atoms with Gasteiger partial charge in [0.05, 0.1) is 12.7 Å². The third kappa shape index (κ3) is 5.57. The fourth-order valence-electron chi connectivity index (χ4n) is 1.02. The van der Waals surface area contributed by atoms with Gasteiger partial charge in [0.15, 0.2) is 0 Å². The van der Waals surface area contributed by atoms with E-state index in [0.29, 0.717) is 0 Å². The molecule has 0 aliphatic carbocycles. The number of carboxylic acids is 1. The van der Waals surface area contributed by atoms with Crippen LogP contribution in [-0.4, -0.2) is 64.4 Å². The van der Waals surface area contributed by atoms with Crippen LogP contribution in [0.3, 0.4) is 0 Å². The fourth-order valence-corrected chi connectivity index (χ4v) is 1.02. The number of hydrogen-bond acceptors (Lipinski definition) is 6. The maximum Gasteiger partial charge on any atom is 0.322 e. The lowest BCUT2D eigenvalue weighted by atomic mass is 10.1. The molecule has 0 aromatic rings. The van der Waals surface area contributed by atoms with Crippen LogP contribution in [0.1, 0.15) is 6.92 Å². The molecular weight excluding hydrogens is 246 g/mol. The third-order valence-corrected chi connectivity index (χ3v) is 2.01. The molecule has 0 aliphatic rings. The number of aliphatic hydroxyl groups excluding tert-OH is 2. The minimum absolute atomic E-state index is 0.616. The number of nitrogens with one attached hydrogen (secondary N) is 2. The van der Waals surface area contributed by atoms with Gasteiger partial charge in [-0.05, 0) is 6.92 Å². The first kappa shape index (κ1) is 16.3. The van der Waals surface area contributed by atoms with E-state index in [9.17, 15) is 19.5 Å². The Kier molecular flexibility index (Phi) is 6.86. The highest BCUT2D eigenvalue weighted by molar-refractivity contribution is 5.91. The number of carbonyl (C=O) groups excluding carboxylic acids is 2. The number of hydrogen-bond donors (Lipinski definition) is 6. The van der Waals surface area contributed by atoms with Crippen LogP contribution in [0.5, 0.6) is 0 Å². The Morgan fingerprint density at radius 1 is 1.28 bits per heavy atom. The summed E-state index contributed by atoms with van der Waals surface area (Å²) in [6, 6.07) is -2.56. The van der Waals surface area contributed by atoms with E-state index in [1.807, 2.05) is 5.32 Å². The summed E-state index contributed by atoms with van der Waals surface area (Å²) in [5.41, 5.74) is 5.22. The van der Waals surface area contributed by atoms with Crippen molar-refractivity contribution in [2.45, 2.75) is 25.1 Å². The van der Waals surface area contributed by atoms with E-state index < -0.39 is 49.1 Å². The lowest BCUT2D eigenvalue weighted by molar-refractivity contribution is -0.139. The molecule has 9 nitrogen and oxygen atoms in total. The Labute approximate surface area is 103 Å². The lowest BCUT2D eigenvalue weighted by Gasteiger charge is -2.21. The quantitative estimate of drug-likeness (QED) is 0.276. The second-order valence-corrected chi connectivity index (χ2v) is 3.63. The molecule has 0 saturated heterocycles. The molecule has 0 radical (unpaired) electrons. The molecule has 0 aromatic heterocycles. The zero-order valence-electron chi connectivity index (χ0n) is 9.79. The summed E-state index contributed by atoms with van der Waals surface area (Å²) < 4.78 is 0. The molecule has 0 heterocycles. The molecular formula is C9H17N3O6. The zero-order valence-corrected chi connectivity index (χ0v) is 9.79. The van der Waals surface area contributed by atoms with Crippen LogP contribution in [0.25, 0.3) is 0 Å². The van der Waals surface area contributed by atoms with Crippen molar-refractivity contribution in [3.63, 3.8) is 0 Å². The highest BCUT2D eigenvalue weighted by atomic mass is 16.4. The number of carboxylic acid groups (broad SMARTS) is 1. The summed E-state index contributed by atoms with van der Waals surface area (Å²) in [6.45, 7) is -0.00511. The summed E-state index contributed by atoms with van der Waals surface area (Å²) in [7, 11) is 0. The van der Waals surface area contributed by atoms with Gasteiger partial charge < -0.3 is 31.7 Å². The van der Waals surface area contributed by atoms with E-state index in [-0.39, 0.29) is 0 Å². The molecule has 9 heteroatoms. The molecule has 104 valence electrons. The lowest BCUT2D eigenvalue weighted by Crippen LogP contribution is -2.56. The maximum absolute atomic E-state index is 11.5. The van der Waals surface area contributed by atoms with Gasteiger partial charge in [0.25, 0.3) is 0 Å². The normalized spacial score (nSPS) is 15.3. The van der Waals surface area contributed by atoms with Crippen molar-refractivity contribution in [1.29, 1.82) is 0 Å². The minimum atomic E-state index is -1.34. The number of amides is 2. The van der Waals surface area contributed by atoms with Gasteiger partial charge in [-0.3, -0.25) is 14.4 Å². The first-order valence-electron chi connectivity index (χ1n) is 5.14. The highest BCUT2D eigenvalue weighted by Gasteiger charge is 2.27. The molecule has 0 aliphatic heterocycles. The molecule has 0 aromatic carbocycles. The minimum Gasteiger partial charge on any atom is -0.480 e. The predicted molar refractivity (Wildman–Crippen MR) is 59.3 cm³/mol. The van der Waals surface area contributed by atoms with E-state index in [2.05, 4.69) is 5.32 Å². The second kappa shape index (κ2) is 7.58. The number of nitrogens with two attached hydrogens (primary N) is 1. The molecule has 0 rings (SSSR count). The van der Waals surface area contributed by atoms with Crippen molar-refractivity contribution in [2.75, 3.05) is 13.2 Å². The van der Waals surface area contributed by atoms with Crippen LogP contribution in [0, 0.1) is 0 Å². The SMILES string of the molecule is C[C@@H](O)[C@H](NC(=O)[C@@H](N)CO)C(=O)NCC(=O)O. The molecule has 7 N–H and O–H groups in total. The monoisotopic (exact) mass is 263 g/mol. The van der Waals surface area contributed by atoms with Gasteiger partial charge in [-0.25, -0.2) is 0 Å². The Bertz CT molecular complexity index is 319. The average molecular weight is 263 g/mol. The Hall–Kier alpha value is -1.71. The van der Waals surface area contributed by atoms with Gasteiger partial charge in [0, 0.05) is 0 Å². The standard InChI is InChI=1S/C9H17N3O6/c1-4(14)7(9(18)11-2-6(15)16)12-8(17)5(10)3-13/h4-5,7,13-14H,2-3,10H2,1H3,(H,11,18)(H,12,17)(H,15,16)/t4-,5+,7+/m1/s1. The van der Waals surface area contributed by atoms with Crippen LogP contribution in [0.2, 0.25) is 0 Å². The molecule has 2 amide bonds. The van der Waals surface area contributed by atoms with Crippen LogP contribution in [0.4, 0.5) is 0 Å². The topological polar surface area (TPSA) is 162 Å². The Morgan fingerprint density at radius 2 is 1.83 bits per heavy atom. The molecule has 18 heavy (non-hydrogen) atoms. The second-order valence-electron chi connectivity index (χ2n) is 3.63. The summed E-state index contributed by atoms with van der Waals surface area (Å²) >= 11 is 0. The van der Waals surface area contributed by atoms with E-state index in [0.717, 1.165) is 0 Å². The van der Waals surface area contributed by atoms with Gasteiger partial charge in [-0.2, -0.15) is 0 Å². The van der Waals surface area contributed by atoms with Crippen LogP contribution in [-0.2, 0) is 14.4 Å². The summed E-state index contributed by atoms with van der Waals surface area (Å²) in [6.07, 6.45) is -1.24. The number of carbonyl (C=O) groups is 3. The maximum atomic E-state index is 11.5. The highest BCUT2D eigenvalue weighted by Crippen LogP contribution is 1.94. The van der Waals surface area contributed by atoms with Crippen LogP contribution >= 0.6 is 0 Å². The van der Waals surface area contributed by atoms with E-state index in [1.165, 1.54) is 6.92 Å². The van der Waals surface area contributed by atoms with Crippen molar-refractivity contribution >= 4 is 17.8 Å².